The van der Waals surface area contributed by atoms with Gasteiger partial charge in [-0.1, -0.05) is 22.0 Å². The van der Waals surface area contributed by atoms with Crippen molar-refractivity contribution >= 4 is 21.6 Å². The molecule has 1 aliphatic rings. The van der Waals surface area contributed by atoms with E-state index >= 15 is 0 Å². The Hall–Kier alpha value is -0.800. The van der Waals surface area contributed by atoms with E-state index in [0.29, 0.717) is 6.54 Å². The van der Waals surface area contributed by atoms with Gasteiger partial charge in [0.05, 0.1) is 6.10 Å². The molecule has 0 aromatic heterocycles. The van der Waals surface area contributed by atoms with Gasteiger partial charge in [0.15, 0.2) is 0 Å². The quantitative estimate of drug-likeness (QED) is 0.808. The fourth-order valence-corrected chi connectivity index (χ4v) is 2.41. The van der Waals surface area contributed by atoms with E-state index in [1.54, 1.807) is 0 Å². The molecule has 0 bridgehead atoms. The van der Waals surface area contributed by atoms with Gasteiger partial charge < -0.3 is 10.4 Å². The van der Waals surface area contributed by atoms with Crippen LogP contribution in [0.1, 0.15) is 17.9 Å². The average Bonchev–Trinajstić information content (AvgIpc) is 2.23. The molecule has 15 heavy (non-hydrogen) atoms. The number of fused-ring (bicyclic) bond motifs is 1. The molecule has 0 radical (unpaired) electrons. The third kappa shape index (κ3) is 2.08. The molecule has 2 unspecified atom stereocenters. The first-order valence-electron chi connectivity index (χ1n) is 5.04. The van der Waals surface area contributed by atoms with E-state index < -0.39 is 0 Å². The van der Waals surface area contributed by atoms with E-state index in [4.69, 9.17) is 0 Å². The van der Waals surface area contributed by atoms with E-state index in [9.17, 15) is 5.11 Å². The van der Waals surface area contributed by atoms with Crippen LogP contribution in [-0.4, -0.2) is 17.8 Å². The molecule has 3 heteroatoms. The van der Waals surface area contributed by atoms with Crippen LogP contribution in [0.25, 0.3) is 0 Å². The number of aliphatic hydroxyl groups is 1. The van der Waals surface area contributed by atoms with Crippen LogP contribution in [0.5, 0.6) is 0 Å². The molecular weight excluding hydrogens is 254 g/mol. The average molecular weight is 268 g/mol. The van der Waals surface area contributed by atoms with Crippen molar-refractivity contribution in [2.75, 3.05) is 11.9 Å². The first-order valence-corrected chi connectivity index (χ1v) is 5.84. The fourth-order valence-electron chi connectivity index (χ4n) is 2.03. The fraction of sp³-hybridized carbons (Fsp3) is 0.333. The number of hydrogen-bond acceptors (Lipinski definition) is 2. The second kappa shape index (κ2) is 4.37. The Morgan fingerprint density at radius 2 is 2.40 bits per heavy atom. The van der Waals surface area contributed by atoms with E-state index in [0.717, 1.165) is 16.6 Å². The molecule has 0 fully saturated rings. The van der Waals surface area contributed by atoms with Crippen molar-refractivity contribution in [3.63, 3.8) is 0 Å². The van der Waals surface area contributed by atoms with Crippen molar-refractivity contribution in [2.24, 2.45) is 0 Å². The molecular formula is C12H14BrNO. The largest absolute Gasteiger partial charge is 0.391 e. The number of nitrogens with one attached hydrogen (secondary N) is 1. The first-order chi connectivity index (χ1) is 7.22. The minimum absolute atomic E-state index is 0.163. The third-order valence-electron chi connectivity index (χ3n) is 2.80. The van der Waals surface area contributed by atoms with E-state index in [1.165, 1.54) is 5.56 Å². The lowest BCUT2D eigenvalue weighted by Gasteiger charge is -2.30. The number of aliphatic hydroxyl groups excluding tert-OH is 1. The van der Waals surface area contributed by atoms with Gasteiger partial charge in [0.2, 0.25) is 0 Å². The van der Waals surface area contributed by atoms with Crippen molar-refractivity contribution < 1.29 is 5.11 Å². The first kappa shape index (κ1) is 10.7. The van der Waals surface area contributed by atoms with Gasteiger partial charge in [-0.3, -0.25) is 0 Å². The van der Waals surface area contributed by atoms with Gasteiger partial charge in [-0.15, -0.1) is 6.58 Å². The van der Waals surface area contributed by atoms with Crippen LogP contribution in [0, 0.1) is 0 Å². The predicted molar refractivity (Wildman–Crippen MR) is 66.2 cm³/mol. The molecule has 2 nitrogen and oxygen atoms in total. The Morgan fingerprint density at radius 3 is 3.13 bits per heavy atom. The van der Waals surface area contributed by atoms with Crippen LogP contribution in [0.15, 0.2) is 35.3 Å². The van der Waals surface area contributed by atoms with Gasteiger partial charge >= 0.3 is 0 Å². The number of β-amino-alcohol motifs (C(OH)–C–C–N with tert-alkyl or cyclic N) is 1. The summed E-state index contributed by atoms with van der Waals surface area (Å²) in [5.41, 5.74) is 2.29. The normalized spacial score (nSPS) is 24.1. The molecule has 1 aromatic carbocycles. The van der Waals surface area contributed by atoms with Crippen LogP contribution in [-0.2, 0) is 0 Å². The van der Waals surface area contributed by atoms with Gasteiger partial charge in [0, 0.05) is 22.6 Å². The maximum absolute atomic E-state index is 9.91. The summed E-state index contributed by atoms with van der Waals surface area (Å²) in [6, 6.07) is 6.12. The maximum atomic E-state index is 9.91. The molecule has 0 saturated carbocycles. The van der Waals surface area contributed by atoms with Gasteiger partial charge in [-0.25, -0.2) is 0 Å². The van der Waals surface area contributed by atoms with E-state index in [-0.39, 0.29) is 12.0 Å². The van der Waals surface area contributed by atoms with Crippen molar-refractivity contribution in [3.05, 3.63) is 40.9 Å². The zero-order valence-corrected chi connectivity index (χ0v) is 10.00. The molecule has 1 aromatic rings. The highest BCUT2D eigenvalue weighted by atomic mass is 79.9. The van der Waals surface area contributed by atoms with Crippen LogP contribution in [0.4, 0.5) is 5.69 Å². The lowest BCUT2D eigenvalue weighted by molar-refractivity contribution is 0.152. The molecule has 0 aliphatic carbocycles. The Labute approximate surface area is 98.1 Å². The minimum atomic E-state index is -0.329. The van der Waals surface area contributed by atoms with Crippen LogP contribution in [0.3, 0.4) is 0 Å². The summed E-state index contributed by atoms with van der Waals surface area (Å²) in [5.74, 6) is 0.163. The zero-order valence-electron chi connectivity index (χ0n) is 8.41. The van der Waals surface area contributed by atoms with Gasteiger partial charge in [0.25, 0.3) is 0 Å². The Kier molecular flexibility index (Phi) is 3.12. The Morgan fingerprint density at radius 1 is 1.60 bits per heavy atom. The summed E-state index contributed by atoms with van der Waals surface area (Å²) >= 11 is 3.45. The smallest absolute Gasteiger partial charge is 0.0784 e. The molecule has 80 valence electrons. The highest BCUT2D eigenvalue weighted by Gasteiger charge is 2.26. The van der Waals surface area contributed by atoms with Gasteiger partial charge in [-0.2, -0.15) is 0 Å². The lowest BCUT2D eigenvalue weighted by Crippen LogP contribution is -2.32. The van der Waals surface area contributed by atoms with Crippen LogP contribution in [0.2, 0.25) is 0 Å². The minimum Gasteiger partial charge on any atom is -0.391 e. The predicted octanol–water partition coefficient (Wildman–Crippen LogP) is 2.90. The third-order valence-corrected chi connectivity index (χ3v) is 3.29. The number of allylic oxidation sites excluding steroid dienone is 1. The summed E-state index contributed by atoms with van der Waals surface area (Å²) in [4.78, 5) is 0. The molecule has 0 saturated heterocycles. The van der Waals surface area contributed by atoms with Gasteiger partial charge in [-0.05, 0) is 30.2 Å². The van der Waals surface area contributed by atoms with E-state index in [2.05, 4.69) is 33.9 Å². The standard InChI is InChI=1S/C12H14BrNO/c1-2-3-9-10-6-8(13)4-5-11(10)14-7-12(9)15/h2,4-6,9,12,14-15H,1,3,7H2. The van der Waals surface area contributed by atoms with E-state index in [1.807, 2.05) is 18.2 Å². The molecule has 1 heterocycles. The van der Waals surface area contributed by atoms with Crippen molar-refractivity contribution in [2.45, 2.75) is 18.4 Å². The zero-order chi connectivity index (χ0) is 10.8. The SMILES string of the molecule is C=CCC1c2cc(Br)ccc2NCC1O. The monoisotopic (exact) mass is 267 g/mol. The summed E-state index contributed by atoms with van der Waals surface area (Å²) in [5, 5.41) is 13.1. The van der Waals surface area contributed by atoms with Crippen LogP contribution < -0.4 is 5.32 Å². The Balaban J connectivity index is 2.40. The van der Waals surface area contributed by atoms with Gasteiger partial charge in [0.1, 0.15) is 0 Å². The number of rotatable bonds is 2. The molecule has 2 rings (SSSR count). The number of halogens is 1. The summed E-state index contributed by atoms with van der Waals surface area (Å²) < 4.78 is 1.05. The van der Waals surface area contributed by atoms with Crippen LogP contribution >= 0.6 is 15.9 Å². The molecule has 0 spiro atoms. The molecule has 1 aliphatic heterocycles. The molecule has 2 atom stereocenters. The lowest BCUT2D eigenvalue weighted by atomic mass is 9.86. The number of hydrogen-bond donors (Lipinski definition) is 2. The molecule has 0 amide bonds. The second-order valence-electron chi connectivity index (χ2n) is 3.81. The number of benzene rings is 1. The summed E-state index contributed by atoms with van der Waals surface area (Å²) in [7, 11) is 0. The second-order valence-corrected chi connectivity index (χ2v) is 4.73. The highest BCUT2D eigenvalue weighted by molar-refractivity contribution is 9.10. The maximum Gasteiger partial charge on any atom is 0.0784 e. The Bertz CT molecular complexity index is 378. The number of anilines is 1. The summed E-state index contributed by atoms with van der Waals surface area (Å²) in [6.45, 7) is 4.36. The van der Waals surface area contributed by atoms with Crippen molar-refractivity contribution in [1.82, 2.24) is 0 Å². The van der Waals surface area contributed by atoms with Crippen molar-refractivity contribution in [3.8, 4) is 0 Å². The molecule has 2 N–H and O–H groups in total. The van der Waals surface area contributed by atoms with Crippen molar-refractivity contribution in [1.29, 1.82) is 0 Å². The topological polar surface area (TPSA) is 32.3 Å². The highest BCUT2D eigenvalue weighted by Crippen LogP contribution is 2.35. The summed E-state index contributed by atoms with van der Waals surface area (Å²) in [6.07, 6.45) is 2.35.